The molecule has 0 spiro atoms. The normalized spacial score (nSPS) is 15.7. The number of carbonyl (C=O) groups excluding carboxylic acids is 1. The van der Waals surface area contributed by atoms with Crippen molar-refractivity contribution < 1.29 is 19.8 Å². The van der Waals surface area contributed by atoms with Gasteiger partial charge in [0.2, 0.25) is 5.43 Å². The summed E-state index contributed by atoms with van der Waals surface area (Å²) in [6.45, 7) is 5.36. The van der Waals surface area contributed by atoms with Gasteiger partial charge in [0.05, 0.1) is 0 Å². The van der Waals surface area contributed by atoms with E-state index in [1.807, 2.05) is 13.8 Å². The molecule has 2 rings (SSSR count). The lowest BCUT2D eigenvalue weighted by Gasteiger charge is -2.32. The fraction of sp³-hybridized carbons (Fsp3) is 0.500. The third-order valence-electron chi connectivity index (χ3n) is 3.82. The summed E-state index contributed by atoms with van der Waals surface area (Å²) in [5, 5.41) is 18.8. The number of carboxylic acids is 1. The molecule has 7 heteroatoms. The molecule has 1 aromatic rings. The van der Waals surface area contributed by atoms with Gasteiger partial charge in [-0.3, -0.25) is 9.59 Å². The van der Waals surface area contributed by atoms with E-state index in [1.54, 1.807) is 4.90 Å². The highest BCUT2D eigenvalue weighted by molar-refractivity contribution is 5.97. The highest BCUT2D eigenvalue weighted by atomic mass is 16.4. The molecule has 2 heterocycles. The van der Waals surface area contributed by atoms with E-state index in [4.69, 9.17) is 5.11 Å². The van der Waals surface area contributed by atoms with Gasteiger partial charge in [-0.05, 0) is 5.92 Å². The largest absolute Gasteiger partial charge is 0.503 e. The molecule has 2 N–H and O–H groups in total. The van der Waals surface area contributed by atoms with Gasteiger partial charge in [0.1, 0.15) is 5.56 Å². The van der Waals surface area contributed by atoms with Crippen LogP contribution >= 0.6 is 0 Å². The number of rotatable bonds is 4. The summed E-state index contributed by atoms with van der Waals surface area (Å²) in [6.07, 6.45) is 2.04. The first-order valence-electron chi connectivity index (χ1n) is 6.85. The zero-order valence-corrected chi connectivity index (χ0v) is 12.0. The second kappa shape index (κ2) is 5.59. The second-order valence-corrected chi connectivity index (χ2v) is 5.33. The maximum absolute atomic E-state index is 12.4. The summed E-state index contributed by atoms with van der Waals surface area (Å²) < 4.78 is 1.34. The Bertz CT molecular complexity index is 649. The number of fused-ring (bicyclic) bond motifs is 1. The summed E-state index contributed by atoms with van der Waals surface area (Å²) in [7, 11) is 0. The van der Waals surface area contributed by atoms with Gasteiger partial charge in [0.25, 0.3) is 5.91 Å². The molecule has 21 heavy (non-hydrogen) atoms. The van der Waals surface area contributed by atoms with E-state index in [0.29, 0.717) is 25.6 Å². The van der Waals surface area contributed by atoms with Crippen molar-refractivity contribution in [3.05, 3.63) is 27.7 Å². The maximum Gasteiger partial charge on any atom is 0.341 e. The molecule has 0 aliphatic carbocycles. The van der Waals surface area contributed by atoms with Crippen LogP contribution in [-0.4, -0.2) is 44.6 Å². The summed E-state index contributed by atoms with van der Waals surface area (Å²) >= 11 is 0. The van der Waals surface area contributed by atoms with Crippen molar-refractivity contribution in [2.75, 3.05) is 13.1 Å². The predicted octanol–water partition coefficient (Wildman–Crippen LogP) is 0.754. The summed E-state index contributed by atoms with van der Waals surface area (Å²) in [6, 6.07) is 0. The fourth-order valence-corrected chi connectivity index (χ4v) is 2.36. The SMILES string of the molecule is CCC(C)CN1CCn2cc(C(=O)O)c(=O)c(O)c2C1=O. The van der Waals surface area contributed by atoms with E-state index in [2.05, 4.69) is 0 Å². The van der Waals surface area contributed by atoms with Gasteiger partial charge >= 0.3 is 5.97 Å². The Balaban J connectivity index is 2.45. The summed E-state index contributed by atoms with van der Waals surface area (Å²) in [5.74, 6) is -2.32. The summed E-state index contributed by atoms with van der Waals surface area (Å²) in [5.41, 5.74) is -1.67. The second-order valence-electron chi connectivity index (χ2n) is 5.33. The van der Waals surface area contributed by atoms with E-state index in [1.165, 1.54) is 4.57 Å². The van der Waals surface area contributed by atoms with Gasteiger partial charge < -0.3 is 19.7 Å². The number of pyridine rings is 1. The molecule has 1 aliphatic heterocycles. The Hall–Kier alpha value is -2.31. The molecule has 0 saturated heterocycles. The van der Waals surface area contributed by atoms with Crippen LogP contribution in [0.3, 0.4) is 0 Å². The number of hydrogen-bond donors (Lipinski definition) is 2. The number of hydrogen-bond acceptors (Lipinski definition) is 4. The van der Waals surface area contributed by atoms with E-state index < -0.39 is 28.6 Å². The van der Waals surface area contributed by atoms with Crippen molar-refractivity contribution in [2.24, 2.45) is 5.92 Å². The van der Waals surface area contributed by atoms with E-state index in [-0.39, 0.29) is 5.69 Å². The molecule has 1 atom stereocenters. The standard InChI is InChI=1S/C14H18N2O5/c1-3-8(2)6-16-5-4-15-7-9(14(20)21)11(17)12(18)10(15)13(16)19/h7-8,18H,3-6H2,1-2H3,(H,20,21). The van der Waals surface area contributed by atoms with Crippen LogP contribution in [0, 0.1) is 5.92 Å². The zero-order chi connectivity index (χ0) is 15.7. The molecule has 0 fully saturated rings. The highest BCUT2D eigenvalue weighted by Gasteiger charge is 2.30. The third kappa shape index (κ3) is 2.63. The minimum Gasteiger partial charge on any atom is -0.503 e. The molecule has 1 unspecified atom stereocenters. The number of aromatic nitrogens is 1. The average Bonchev–Trinajstić information content (AvgIpc) is 2.44. The molecule has 0 radical (unpaired) electrons. The molecule has 1 amide bonds. The Kier molecular flexibility index (Phi) is 4.02. The van der Waals surface area contributed by atoms with Crippen LogP contribution in [-0.2, 0) is 6.54 Å². The number of aromatic hydroxyl groups is 1. The van der Waals surface area contributed by atoms with Crippen LogP contribution in [0.2, 0.25) is 0 Å². The smallest absolute Gasteiger partial charge is 0.341 e. The van der Waals surface area contributed by atoms with Gasteiger partial charge in [-0.15, -0.1) is 0 Å². The van der Waals surface area contributed by atoms with Crippen LogP contribution in [0.5, 0.6) is 5.75 Å². The van der Waals surface area contributed by atoms with E-state index in [0.717, 1.165) is 12.6 Å². The van der Waals surface area contributed by atoms with Crippen LogP contribution in [0.1, 0.15) is 41.1 Å². The van der Waals surface area contributed by atoms with Crippen LogP contribution < -0.4 is 5.43 Å². The third-order valence-corrected chi connectivity index (χ3v) is 3.82. The number of aromatic carboxylic acids is 1. The van der Waals surface area contributed by atoms with Crippen molar-refractivity contribution >= 4 is 11.9 Å². The fourth-order valence-electron chi connectivity index (χ4n) is 2.36. The van der Waals surface area contributed by atoms with Crippen LogP contribution in [0.4, 0.5) is 0 Å². The van der Waals surface area contributed by atoms with Gasteiger partial charge in [-0.2, -0.15) is 0 Å². The van der Waals surface area contributed by atoms with Gasteiger partial charge in [-0.1, -0.05) is 20.3 Å². The van der Waals surface area contributed by atoms with E-state index >= 15 is 0 Å². The topological polar surface area (TPSA) is 99.8 Å². The van der Waals surface area contributed by atoms with Gasteiger partial charge in [0, 0.05) is 25.8 Å². The van der Waals surface area contributed by atoms with E-state index in [9.17, 15) is 19.5 Å². The van der Waals surface area contributed by atoms with Crippen molar-refractivity contribution in [1.29, 1.82) is 0 Å². The number of amides is 1. The lowest BCUT2D eigenvalue weighted by Crippen LogP contribution is -2.44. The predicted molar refractivity (Wildman–Crippen MR) is 74.7 cm³/mol. The molecule has 0 bridgehead atoms. The van der Waals surface area contributed by atoms with Crippen molar-refractivity contribution in [1.82, 2.24) is 9.47 Å². The van der Waals surface area contributed by atoms with Crippen LogP contribution in [0.15, 0.2) is 11.0 Å². The Morgan fingerprint density at radius 2 is 2.05 bits per heavy atom. The molecule has 114 valence electrons. The Morgan fingerprint density at radius 1 is 1.38 bits per heavy atom. The molecule has 1 aromatic heterocycles. The first-order chi connectivity index (χ1) is 9.86. The maximum atomic E-state index is 12.4. The lowest BCUT2D eigenvalue weighted by atomic mass is 10.1. The average molecular weight is 294 g/mol. The minimum atomic E-state index is -1.42. The van der Waals surface area contributed by atoms with Crippen LogP contribution in [0.25, 0.3) is 0 Å². The monoisotopic (exact) mass is 294 g/mol. The number of carbonyl (C=O) groups is 2. The Labute approximate surface area is 121 Å². The lowest BCUT2D eigenvalue weighted by molar-refractivity contribution is 0.0654. The number of nitrogens with zero attached hydrogens (tertiary/aromatic N) is 2. The number of carboxylic acid groups (broad SMARTS) is 1. The zero-order valence-electron chi connectivity index (χ0n) is 12.0. The molecular formula is C14H18N2O5. The first-order valence-corrected chi connectivity index (χ1v) is 6.85. The van der Waals surface area contributed by atoms with Crippen molar-refractivity contribution in [3.63, 3.8) is 0 Å². The van der Waals surface area contributed by atoms with Crippen molar-refractivity contribution in [2.45, 2.75) is 26.8 Å². The van der Waals surface area contributed by atoms with Gasteiger partial charge in [0.15, 0.2) is 11.4 Å². The highest BCUT2D eigenvalue weighted by Crippen LogP contribution is 2.21. The molecule has 0 aromatic carbocycles. The molecule has 0 saturated carbocycles. The molecule has 1 aliphatic rings. The first kappa shape index (κ1) is 15.1. The quantitative estimate of drug-likeness (QED) is 0.853. The minimum absolute atomic E-state index is 0.125. The summed E-state index contributed by atoms with van der Waals surface area (Å²) in [4.78, 5) is 36.7. The van der Waals surface area contributed by atoms with Gasteiger partial charge in [-0.25, -0.2) is 4.79 Å². The Morgan fingerprint density at radius 3 is 2.62 bits per heavy atom. The molecule has 7 nitrogen and oxygen atoms in total. The molecular weight excluding hydrogens is 276 g/mol. The van der Waals surface area contributed by atoms with Crippen molar-refractivity contribution in [3.8, 4) is 5.75 Å².